The zero-order valence-electron chi connectivity index (χ0n) is 10.2. The van der Waals surface area contributed by atoms with Gasteiger partial charge in [-0.25, -0.2) is 0 Å². The van der Waals surface area contributed by atoms with Gasteiger partial charge in [0.1, 0.15) is 0 Å². The van der Waals surface area contributed by atoms with Crippen LogP contribution in [0.15, 0.2) is 6.20 Å². The second-order valence-corrected chi connectivity index (χ2v) is 5.03. The number of tetrazole rings is 1. The molecule has 1 saturated heterocycles. The van der Waals surface area contributed by atoms with Crippen molar-refractivity contribution in [3.63, 3.8) is 0 Å². The van der Waals surface area contributed by atoms with Crippen LogP contribution in [0.25, 0.3) is 0 Å². The number of carbonyl (C=O) groups excluding carboxylic acids is 1. The number of nitrogens with zero attached hydrogens (tertiary/aromatic N) is 6. The first-order valence-electron chi connectivity index (χ1n) is 6.15. The number of aromatic amines is 1. The number of carbonyl (C=O) groups is 1. The van der Waals surface area contributed by atoms with Crippen LogP contribution < -0.4 is 0 Å². The second-order valence-electron chi connectivity index (χ2n) is 4.47. The summed E-state index contributed by atoms with van der Waals surface area (Å²) in [7, 11) is 0. The number of hydrogen-bond donors (Lipinski definition) is 1. The normalized spacial score (nSPS) is 19.6. The first kappa shape index (κ1) is 12.2. The highest BCUT2D eigenvalue weighted by Crippen LogP contribution is 2.21. The summed E-state index contributed by atoms with van der Waals surface area (Å²) in [6.07, 6.45) is 5.23. The maximum absolute atomic E-state index is 12.4. The minimum Gasteiger partial charge on any atom is -0.334 e. The topological polar surface area (TPSA) is 101 Å². The standard InChI is InChI=1S/C10H13N7OS/c18-10(8-6-11-19-14-8)17-4-2-1-3-7(17)5-9-12-15-16-13-9/h6-7H,1-5H2,(H,12,13,15,16). The lowest BCUT2D eigenvalue weighted by Crippen LogP contribution is -2.45. The van der Waals surface area contributed by atoms with Crippen molar-refractivity contribution in [2.24, 2.45) is 0 Å². The largest absolute Gasteiger partial charge is 0.334 e. The molecule has 9 heteroatoms. The van der Waals surface area contributed by atoms with Crippen LogP contribution in [0, 0.1) is 0 Å². The monoisotopic (exact) mass is 279 g/mol. The lowest BCUT2D eigenvalue weighted by atomic mass is 9.98. The molecule has 0 aliphatic carbocycles. The molecule has 0 radical (unpaired) electrons. The molecule has 1 amide bonds. The molecule has 8 nitrogen and oxygen atoms in total. The van der Waals surface area contributed by atoms with E-state index in [1.165, 1.54) is 6.20 Å². The molecular formula is C10H13N7OS. The average molecular weight is 279 g/mol. The van der Waals surface area contributed by atoms with Gasteiger partial charge in [0.05, 0.1) is 17.9 Å². The van der Waals surface area contributed by atoms with Gasteiger partial charge >= 0.3 is 0 Å². The highest BCUT2D eigenvalue weighted by molar-refractivity contribution is 6.99. The summed E-state index contributed by atoms with van der Waals surface area (Å²) in [4.78, 5) is 14.2. The zero-order chi connectivity index (χ0) is 13.1. The third kappa shape index (κ3) is 2.60. The van der Waals surface area contributed by atoms with E-state index in [9.17, 15) is 4.79 Å². The fourth-order valence-electron chi connectivity index (χ4n) is 2.37. The van der Waals surface area contributed by atoms with Gasteiger partial charge in [-0.05, 0) is 19.3 Å². The van der Waals surface area contributed by atoms with E-state index >= 15 is 0 Å². The van der Waals surface area contributed by atoms with E-state index in [1.54, 1.807) is 0 Å². The highest BCUT2D eigenvalue weighted by atomic mass is 32.1. The maximum atomic E-state index is 12.4. The summed E-state index contributed by atoms with van der Waals surface area (Å²) in [5, 5.41) is 13.9. The van der Waals surface area contributed by atoms with Gasteiger partial charge in [0.25, 0.3) is 5.91 Å². The third-order valence-corrected chi connectivity index (χ3v) is 3.75. The van der Waals surface area contributed by atoms with Crippen molar-refractivity contribution in [1.82, 2.24) is 34.3 Å². The molecule has 1 unspecified atom stereocenters. The predicted octanol–water partition coefficient (Wildman–Crippen LogP) is 0.289. The summed E-state index contributed by atoms with van der Waals surface area (Å²) in [6.45, 7) is 0.749. The van der Waals surface area contributed by atoms with E-state index in [4.69, 9.17) is 0 Å². The lowest BCUT2D eigenvalue weighted by molar-refractivity contribution is 0.0606. The second kappa shape index (κ2) is 5.39. The van der Waals surface area contributed by atoms with Crippen LogP contribution in [0.2, 0.25) is 0 Å². The molecule has 0 bridgehead atoms. The van der Waals surface area contributed by atoms with E-state index in [0.717, 1.165) is 37.5 Å². The van der Waals surface area contributed by atoms with E-state index in [1.807, 2.05) is 4.90 Å². The molecule has 0 saturated carbocycles. The molecule has 1 aliphatic rings. The number of likely N-dealkylation sites (tertiary alicyclic amines) is 1. The number of hydrogen-bond acceptors (Lipinski definition) is 7. The Morgan fingerprint density at radius 1 is 1.53 bits per heavy atom. The summed E-state index contributed by atoms with van der Waals surface area (Å²) >= 11 is 1.05. The highest BCUT2D eigenvalue weighted by Gasteiger charge is 2.29. The van der Waals surface area contributed by atoms with Crippen molar-refractivity contribution in [3.8, 4) is 0 Å². The molecule has 100 valence electrons. The van der Waals surface area contributed by atoms with Crippen molar-refractivity contribution in [2.75, 3.05) is 6.54 Å². The van der Waals surface area contributed by atoms with Crippen LogP contribution in [0.1, 0.15) is 35.6 Å². The van der Waals surface area contributed by atoms with Crippen LogP contribution in [-0.4, -0.2) is 52.8 Å². The van der Waals surface area contributed by atoms with Gasteiger partial charge in [-0.1, -0.05) is 5.21 Å². The molecule has 2 aromatic rings. The number of nitrogens with one attached hydrogen (secondary N) is 1. The van der Waals surface area contributed by atoms with Gasteiger partial charge in [-0.15, -0.1) is 10.2 Å². The summed E-state index contributed by atoms with van der Waals surface area (Å²) in [6, 6.07) is 0.112. The zero-order valence-corrected chi connectivity index (χ0v) is 11.0. The van der Waals surface area contributed by atoms with Crippen LogP contribution in [-0.2, 0) is 6.42 Å². The number of H-pyrrole nitrogens is 1. The van der Waals surface area contributed by atoms with Crippen LogP contribution in [0.5, 0.6) is 0 Å². The first-order valence-corrected chi connectivity index (χ1v) is 6.88. The molecule has 3 heterocycles. The van der Waals surface area contributed by atoms with E-state index in [-0.39, 0.29) is 11.9 Å². The Bertz CT molecular complexity index is 526. The first-order chi connectivity index (χ1) is 9.34. The molecule has 1 aliphatic heterocycles. The average Bonchev–Trinajstić information content (AvgIpc) is 3.11. The molecule has 3 rings (SSSR count). The Hall–Kier alpha value is -1.90. The van der Waals surface area contributed by atoms with Crippen LogP contribution in [0.3, 0.4) is 0 Å². The van der Waals surface area contributed by atoms with Crippen molar-refractivity contribution < 1.29 is 4.79 Å². The SMILES string of the molecule is O=C(c1cnsn1)N1CCCCC1Cc1nn[nH]n1. The molecule has 2 aromatic heterocycles. The van der Waals surface area contributed by atoms with Gasteiger partial charge in [0.2, 0.25) is 0 Å². The van der Waals surface area contributed by atoms with Crippen molar-refractivity contribution >= 4 is 17.6 Å². The number of amides is 1. The lowest BCUT2D eigenvalue weighted by Gasteiger charge is -2.34. The maximum Gasteiger partial charge on any atom is 0.275 e. The minimum atomic E-state index is -0.0538. The molecule has 1 atom stereocenters. The Balaban J connectivity index is 1.75. The predicted molar refractivity (Wildman–Crippen MR) is 66.5 cm³/mol. The minimum absolute atomic E-state index is 0.0538. The van der Waals surface area contributed by atoms with E-state index in [0.29, 0.717) is 17.9 Å². The van der Waals surface area contributed by atoms with Crippen LogP contribution in [0.4, 0.5) is 0 Å². The Labute approximate surface area is 113 Å². The Kier molecular flexibility index (Phi) is 3.45. The van der Waals surface area contributed by atoms with Crippen molar-refractivity contribution in [1.29, 1.82) is 0 Å². The fraction of sp³-hybridized carbons (Fsp3) is 0.600. The molecule has 1 N–H and O–H groups in total. The summed E-state index contributed by atoms with van der Waals surface area (Å²) in [5.41, 5.74) is 0.421. The fourth-order valence-corrected chi connectivity index (χ4v) is 2.77. The summed E-state index contributed by atoms with van der Waals surface area (Å²) in [5.74, 6) is 0.586. The number of piperidine rings is 1. The van der Waals surface area contributed by atoms with Gasteiger partial charge in [-0.2, -0.15) is 14.0 Å². The molecule has 0 spiro atoms. The van der Waals surface area contributed by atoms with Crippen molar-refractivity contribution in [2.45, 2.75) is 31.7 Å². The molecule has 0 aromatic carbocycles. The van der Waals surface area contributed by atoms with Crippen molar-refractivity contribution in [3.05, 3.63) is 17.7 Å². The van der Waals surface area contributed by atoms with E-state index in [2.05, 4.69) is 29.4 Å². The number of aromatic nitrogens is 6. The van der Waals surface area contributed by atoms with Gasteiger partial charge in [0, 0.05) is 19.0 Å². The molecular weight excluding hydrogens is 266 g/mol. The molecule has 1 fully saturated rings. The quantitative estimate of drug-likeness (QED) is 0.866. The summed E-state index contributed by atoms with van der Waals surface area (Å²) < 4.78 is 7.89. The van der Waals surface area contributed by atoms with Gasteiger partial charge in [0.15, 0.2) is 11.5 Å². The van der Waals surface area contributed by atoms with Crippen LogP contribution >= 0.6 is 11.7 Å². The molecule has 19 heavy (non-hydrogen) atoms. The van der Waals surface area contributed by atoms with Gasteiger partial charge in [-0.3, -0.25) is 4.79 Å². The smallest absolute Gasteiger partial charge is 0.275 e. The van der Waals surface area contributed by atoms with E-state index < -0.39 is 0 Å². The van der Waals surface area contributed by atoms with Gasteiger partial charge < -0.3 is 4.90 Å². The Morgan fingerprint density at radius 2 is 2.47 bits per heavy atom. The third-order valence-electron chi connectivity index (χ3n) is 3.28. The Morgan fingerprint density at radius 3 is 3.21 bits per heavy atom. The number of rotatable bonds is 3.